The molecule has 8 nitrogen and oxygen atoms in total. The van der Waals surface area contributed by atoms with Gasteiger partial charge in [-0.15, -0.1) is 0 Å². The van der Waals surface area contributed by atoms with Crippen molar-refractivity contribution in [3.05, 3.63) is 30.1 Å². The number of imidazole rings is 1. The molecule has 0 atom stereocenters. The van der Waals surface area contributed by atoms with E-state index in [1.807, 2.05) is 37.5 Å². The van der Waals surface area contributed by atoms with E-state index in [-0.39, 0.29) is 11.8 Å². The van der Waals surface area contributed by atoms with Crippen molar-refractivity contribution in [1.82, 2.24) is 24.5 Å². The molecular formula is C17H21N5O3S. The normalized spacial score (nSPS) is 12.0. The van der Waals surface area contributed by atoms with Gasteiger partial charge in [-0.05, 0) is 26.8 Å². The second-order valence-corrected chi connectivity index (χ2v) is 8.41. The first kappa shape index (κ1) is 18.2. The van der Waals surface area contributed by atoms with Crippen molar-refractivity contribution in [2.45, 2.75) is 32.6 Å². The summed E-state index contributed by atoms with van der Waals surface area (Å²) >= 11 is 0. The number of hydrogen-bond donors (Lipinski definition) is 0. The highest BCUT2D eigenvalue weighted by atomic mass is 32.2. The third kappa shape index (κ3) is 3.82. The predicted molar refractivity (Wildman–Crippen MR) is 98.7 cm³/mol. The van der Waals surface area contributed by atoms with Crippen LogP contribution in [0, 0.1) is 0 Å². The van der Waals surface area contributed by atoms with Gasteiger partial charge in [0.1, 0.15) is 5.69 Å². The second kappa shape index (κ2) is 6.99. The highest BCUT2D eigenvalue weighted by Crippen LogP contribution is 2.26. The van der Waals surface area contributed by atoms with Crippen molar-refractivity contribution in [2.75, 3.05) is 12.9 Å². The molecule has 0 saturated carbocycles. The molecule has 26 heavy (non-hydrogen) atoms. The monoisotopic (exact) mass is 375 g/mol. The number of aromatic nitrogens is 5. The Kier molecular flexibility index (Phi) is 4.90. The van der Waals surface area contributed by atoms with Crippen LogP contribution in [0.25, 0.3) is 22.8 Å². The van der Waals surface area contributed by atoms with Crippen LogP contribution in [-0.4, -0.2) is 45.8 Å². The molecule has 0 fully saturated rings. The lowest BCUT2D eigenvalue weighted by Crippen LogP contribution is -2.08. The van der Waals surface area contributed by atoms with Gasteiger partial charge in [0.25, 0.3) is 0 Å². The maximum atomic E-state index is 11.6. The van der Waals surface area contributed by atoms with Crippen LogP contribution in [0.1, 0.15) is 32.5 Å². The molecule has 3 heterocycles. The summed E-state index contributed by atoms with van der Waals surface area (Å²) in [6.07, 6.45) is 2.63. The molecular weight excluding hydrogens is 354 g/mol. The number of hydrogen-bond acceptors (Lipinski definition) is 7. The van der Waals surface area contributed by atoms with Crippen LogP contribution < -0.4 is 4.74 Å². The molecule has 138 valence electrons. The molecule has 0 saturated heterocycles. The molecule has 0 aromatic carbocycles. The van der Waals surface area contributed by atoms with E-state index in [1.165, 1.54) is 12.5 Å². The lowest BCUT2D eigenvalue weighted by molar-refractivity contribution is 0.327. The van der Waals surface area contributed by atoms with Crippen LogP contribution in [0.3, 0.4) is 0 Å². The molecule has 0 bridgehead atoms. The zero-order valence-corrected chi connectivity index (χ0v) is 16.0. The average Bonchev–Trinajstić information content (AvgIpc) is 2.93. The van der Waals surface area contributed by atoms with Crippen molar-refractivity contribution in [3.8, 4) is 17.4 Å². The van der Waals surface area contributed by atoms with Crippen molar-refractivity contribution in [2.24, 2.45) is 0 Å². The van der Waals surface area contributed by atoms with E-state index in [9.17, 15) is 8.42 Å². The topological polar surface area (TPSA) is 99.9 Å². The molecule has 0 amide bonds. The Hall–Kier alpha value is -2.55. The standard InChI is InChI=1S/C17H21N5O3S/c1-5-25-14-8-6-7-13(20-14)16-21-15-17(22(16)11(2)3)19-12(9-18-15)10-26(4,23)24/h6-9,11H,5,10H2,1-4H3. The Balaban J connectivity index is 2.17. The van der Waals surface area contributed by atoms with Gasteiger partial charge in [0.05, 0.1) is 24.3 Å². The van der Waals surface area contributed by atoms with Crippen molar-refractivity contribution >= 4 is 21.1 Å². The first-order valence-corrected chi connectivity index (χ1v) is 10.4. The Morgan fingerprint density at radius 1 is 1.19 bits per heavy atom. The van der Waals surface area contributed by atoms with Gasteiger partial charge in [-0.2, -0.15) is 0 Å². The summed E-state index contributed by atoms with van der Waals surface area (Å²) < 4.78 is 30.5. The molecule has 0 radical (unpaired) electrons. The predicted octanol–water partition coefficient (Wildman–Crippen LogP) is 2.41. The Labute approximate surface area is 152 Å². The zero-order valence-electron chi connectivity index (χ0n) is 15.2. The molecule has 9 heteroatoms. The van der Waals surface area contributed by atoms with Gasteiger partial charge in [0.15, 0.2) is 27.0 Å². The number of rotatable bonds is 6. The molecule has 0 aliphatic carbocycles. The van der Waals surface area contributed by atoms with Crippen LogP contribution >= 0.6 is 0 Å². The Morgan fingerprint density at radius 3 is 2.62 bits per heavy atom. The van der Waals surface area contributed by atoms with Crippen LogP contribution in [0.5, 0.6) is 5.88 Å². The highest BCUT2D eigenvalue weighted by Gasteiger charge is 2.19. The number of nitrogens with zero attached hydrogens (tertiary/aromatic N) is 5. The van der Waals surface area contributed by atoms with E-state index in [0.717, 1.165) is 0 Å². The van der Waals surface area contributed by atoms with Gasteiger partial charge in [-0.1, -0.05) is 6.07 Å². The van der Waals surface area contributed by atoms with Gasteiger partial charge < -0.3 is 9.30 Å². The summed E-state index contributed by atoms with van der Waals surface area (Å²) in [6.45, 7) is 6.42. The van der Waals surface area contributed by atoms with Crippen molar-refractivity contribution < 1.29 is 13.2 Å². The van der Waals surface area contributed by atoms with E-state index in [4.69, 9.17) is 4.74 Å². The Bertz CT molecular complexity index is 1040. The smallest absolute Gasteiger partial charge is 0.213 e. The fourth-order valence-electron chi connectivity index (χ4n) is 2.68. The molecule has 3 aromatic heterocycles. The lowest BCUT2D eigenvalue weighted by atomic mass is 10.3. The molecule has 0 aliphatic heterocycles. The lowest BCUT2D eigenvalue weighted by Gasteiger charge is -2.12. The summed E-state index contributed by atoms with van der Waals surface area (Å²) in [4.78, 5) is 17.8. The first-order valence-electron chi connectivity index (χ1n) is 8.30. The van der Waals surface area contributed by atoms with Gasteiger partial charge in [0.2, 0.25) is 5.88 Å². The Morgan fingerprint density at radius 2 is 1.96 bits per heavy atom. The third-order valence-electron chi connectivity index (χ3n) is 3.62. The summed E-state index contributed by atoms with van der Waals surface area (Å²) in [6, 6.07) is 5.53. The fourth-order valence-corrected chi connectivity index (χ4v) is 3.36. The molecule has 0 unspecified atom stereocenters. The number of ether oxygens (including phenoxy) is 1. The molecule has 3 aromatic rings. The zero-order chi connectivity index (χ0) is 18.9. The van der Waals surface area contributed by atoms with E-state index in [0.29, 0.717) is 41.0 Å². The largest absolute Gasteiger partial charge is 0.478 e. The number of pyridine rings is 1. The van der Waals surface area contributed by atoms with E-state index < -0.39 is 9.84 Å². The van der Waals surface area contributed by atoms with Gasteiger partial charge in [-0.3, -0.25) is 0 Å². The van der Waals surface area contributed by atoms with Crippen LogP contribution in [0.2, 0.25) is 0 Å². The summed E-state index contributed by atoms with van der Waals surface area (Å²) in [7, 11) is -3.20. The highest BCUT2D eigenvalue weighted by molar-refractivity contribution is 7.89. The van der Waals surface area contributed by atoms with Crippen molar-refractivity contribution in [3.63, 3.8) is 0 Å². The molecule has 0 spiro atoms. The third-order valence-corrected chi connectivity index (χ3v) is 4.45. The summed E-state index contributed by atoms with van der Waals surface area (Å²) in [5.74, 6) is 0.978. The second-order valence-electron chi connectivity index (χ2n) is 6.27. The SMILES string of the molecule is CCOc1cccc(-c2nc3ncc(CS(C)(=O)=O)nc3n2C(C)C)n1. The maximum Gasteiger partial charge on any atom is 0.213 e. The molecule has 0 N–H and O–H groups in total. The molecule has 0 aliphatic rings. The average molecular weight is 375 g/mol. The van der Waals surface area contributed by atoms with E-state index in [2.05, 4.69) is 19.9 Å². The van der Waals surface area contributed by atoms with Gasteiger partial charge in [-0.25, -0.2) is 28.4 Å². The molecule has 3 rings (SSSR count). The number of fused-ring (bicyclic) bond motifs is 1. The van der Waals surface area contributed by atoms with E-state index in [1.54, 1.807) is 6.07 Å². The minimum Gasteiger partial charge on any atom is -0.478 e. The van der Waals surface area contributed by atoms with E-state index >= 15 is 0 Å². The van der Waals surface area contributed by atoms with Crippen LogP contribution in [0.4, 0.5) is 0 Å². The van der Waals surface area contributed by atoms with Crippen LogP contribution in [-0.2, 0) is 15.6 Å². The maximum absolute atomic E-state index is 11.6. The summed E-state index contributed by atoms with van der Waals surface area (Å²) in [5, 5.41) is 0. The fraction of sp³-hybridized carbons (Fsp3) is 0.412. The van der Waals surface area contributed by atoms with Gasteiger partial charge >= 0.3 is 0 Å². The number of sulfone groups is 1. The minimum absolute atomic E-state index is 0.0373. The summed E-state index contributed by atoms with van der Waals surface area (Å²) in [5.41, 5.74) is 2.04. The quantitative estimate of drug-likeness (QED) is 0.652. The minimum atomic E-state index is -3.20. The van der Waals surface area contributed by atoms with Crippen molar-refractivity contribution in [1.29, 1.82) is 0 Å². The van der Waals surface area contributed by atoms with Gasteiger partial charge in [0, 0.05) is 18.4 Å². The first-order chi connectivity index (χ1) is 12.3. The van der Waals surface area contributed by atoms with Crippen LogP contribution in [0.15, 0.2) is 24.4 Å².